The SMILES string of the molecule is CC(C)(Nc1ccc(Br)cc1[N+](=O)[O-])c1ccccc1. The maximum atomic E-state index is 11.1. The quantitative estimate of drug-likeness (QED) is 0.651. The number of nitro groups is 1. The molecule has 0 saturated heterocycles. The summed E-state index contributed by atoms with van der Waals surface area (Å²) in [6.07, 6.45) is 0. The number of rotatable bonds is 4. The number of nitro benzene ring substituents is 1. The van der Waals surface area contributed by atoms with Gasteiger partial charge in [0, 0.05) is 10.5 Å². The van der Waals surface area contributed by atoms with Crippen LogP contribution in [-0.4, -0.2) is 4.92 Å². The third-order valence-electron chi connectivity index (χ3n) is 3.10. The first-order valence-corrected chi connectivity index (χ1v) is 6.97. The Bertz CT molecular complexity index is 627. The summed E-state index contributed by atoms with van der Waals surface area (Å²) in [6.45, 7) is 3.99. The lowest BCUT2D eigenvalue weighted by molar-refractivity contribution is -0.384. The van der Waals surface area contributed by atoms with E-state index >= 15 is 0 Å². The molecule has 20 heavy (non-hydrogen) atoms. The largest absolute Gasteiger partial charge is 0.371 e. The topological polar surface area (TPSA) is 55.2 Å². The Kier molecular flexibility index (Phi) is 4.09. The van der Waals surface area contributed by atoms with Crippen molar-refractivity contribution in [2.75, 3.05) is 5.32 Å². The highest BCUT2D eigenvalue weighted by atomic mass is 79.9. The van der Waals surface area contributed by atoms with Crippen molar-refractivity contribution in [3.63, 3.8) is 0 Å². The van der Waals surface area contributed by atoms with Crippen molar-refractivity contribution in [1.29, 1.82) is 0 Å². The average Bonchev–Trinajstić information content (AvgIpc) is 2.41. The van der Waals surface area contributed by atoms with E-state index in [0.29, 0.717) is 10.2 Å². The number of hydrogen-bond acceptors (Lipinski definition) is 3. The average molecular weight is 335 g/mol. The molecule has 0 atom stereocenters. The minimum atomic E-state index is -0.403. The summed E-state index contributed by atoms with van der Waals surface area (Å²) in [7, 11) is 0. The first-order chi connectivity index (χ1) is 9.40. The first-order valence-electron chi connectivity index (χ1n) is 6.18. The molecule has 0 aliphatic heterocycles. The maximum Gasteiger partial charge on any atom is 0.293 e. The van der Waals surface area contributed by atoms with E-state index in [1.165, 1.54) is 6.07 Å². The van der Waals surface area contributed by atoms with Gasteiger partial charge in [-0.15, -0.1) is 0 Å². The van der Waals surface area contributed by atoms with Gasteiger partial charge in [0.05, 0.1) is 10.5 Å². The zero-order valence-electron chi connectivity index (χ0n) is 11.3. The molecule has 0 aliphatic carbocycles. The summed E-state index contributed by atoms with van der Waals surface area (Å²) in [6, 6.07) is 14.9. The van der Waals surface area contributed by atoms with Crippen LogP contribution in [0.25, 0.3) is 0 Å². The number of hydrogen-bond donors (Lipinski definition) is 1. The monoisotopic (exact) mass is 334 g/mol. The lowest BCUT2D eigenvalue weighted by atomic mass is 9.94. The molecule has 0 unspecified atom stereocenters. The number of anilines is 1. The molecule has 0 aromatic heterocycles. The first kappa shape index (κ1) is 14.5. The van der Waals surface area contributed by atoms with Crippen LogP contribution in [0.5, 0.6) is 0 Å². The van der Waals surface area contributed by atoms with E-state index < -0.39 is 5.54 Å². The van der Waals surface area contributed by atoms with Crippen molar-refractivity contribution in [2.24, 2.45) is 0 Å². The van der Waals surface area contributed by atoms with E-state index in [2.05, 4.69) is 21.2 Å². The van der Waals surface area contributed by atoms with Gasteiger partial charge in [0.2, 0.25) is 0 Å². The third kappa shape index (κ3) is 3.17. The molecule has 0 saturated carbocycles. The highest BCUT2D eigenvalue weighted by Gasteiger charge is 2.24. The van der Waals surface area contributed by atoms with E-state index in [4.69, 9.17) is 0 Å². The standard InChI is InChI=1S/C15H15BrN2O2/c1-15(2,11-6-4-3-5-7-11)17-13-9-8-12(16)10-14(13)18(19)20/h3-10,17H,1-2H3. The molecule has 0 amide bonds. The lowest BCUT2D eigenvalue weighted by Gasteiger charge is -2.28. The van der Waals surface area contributed by atoms with Gasteiger partial charge in [-0.25, -0.2) is 0 Å². The number of halogens is 1. The predicted octanol–water partition coefficient (Wildman–Crippen LogP) is 4.70. The lowest BCUT2D eigenvalue weighted by Crippen LogP contribution is -2.28. The summed E-state index contributed by atoms with van der Waals surface area (Å²) in [5, 5.41) is 14.4. The summed E-state index contributed by atoms with van der Waals surface area (Å²) < 4.78 is 0.687. The maximum absolute atomic E-state index is 11.1. The summed E-state index contributed by atoms with van der Waals surface area (Å²) >= 11 is 3.26. The normalized spacial score (nSPS) is 11.2. The van der Waals surface area contributed by atoms with Gasteiger partial charge in [0.15, 0.2) is 0 Å². The molecule has 0 fully saturated rings. The molecule has 0 bridgehead atoms. The third-order valence-corrected chi connectivity index (χ3v) is 3.59. The van der Waals surface area contributed by atoms with Crippen LogP contribution in [0.4, 0.5) is 11.4 Å². The fourth-order valence-corrected chi connectivity index (χ4v) is 2.37. The number of nitrogens with one attached hydrogen (secondary N) is 1. The Balaban J connectivity index is 2.37. The smallest absolute Gasteiger partial charge is 0.293 e. The second-order valence-corrected chi connectivity index (χ2v) is 5.95. The van der Waals surface area contributed by atoms with E-state index in [1.807, 2.05) is 44.2 Å². The van der Waals surface area contributed by atoms with Crippen molar-refractivity contribution in [3.05, 3.63) is 68.7 Å². The van der Waals surface area contributed by atoms with Gasteiger partial charge < -0.3 is 5.32 Å². The second-order valence-electron chi connectivity index (χ2n) is 5.03. The van der Waals surface area contributed by atoms with E-state index in [9.17, 15) is 10.1 Å². The summed E-state index contributed by atoms with van der Waals surface area (Å²) in [4.78, 5) is 10.8. The van der Waals surface area contributed by atoms with E-state index in [0.717, 1.165) is 5.56 Å². The Morgan fingerprint density at radius 1 is 1.15 bits per heavy atom. The Labute approximate surface area is 126 Å². The van der Waals surface area contributed by atoms with Crippen molar-refractivity contribution < 1.29 is 4.92 Å². The van der Waals surface area contributed by atoms with Crippen LogP contribution < -0.4 is 5.32 Å². The van der Waals surface area contributed by atoms with Crippen LogP contribution in [-0.2, 0) is 5.54 Å². The summed E-state index contributed by atoms with van der Waals surface area (Å²) in [5.41, 5.74) is 1.23. The highest BCUT2D eigenvalue weighted by molar-refractivity contribution is 9.10. The van der Waals surface area contributed by atoms with Gasteiger partial charge in [0.1, 0.15) is 5.69 Å². The second kappa shape index (κ2) is 5.63. The minimum Gasteiger partial charge on any atom is -0.371 e. The Morgan fingerprint density at radius 2 is 1.80 bits per heavy atom. The number of benzene rings is 2. The summed E-state index contributed by atoms with van der Waals surface area (Å²) in [5.74, 6) is 0. The van der Waals surface area contributed by atoms with Crippen molar-refractivity contribution in [1.82, 2.24) is 0 Å². The predicted molar refractivity (Wildman–Crippen MR) is 83.9 cm³/mol. The van der Waals surface area contributed by atoms with Gasteiger partial charge in [-0.1, -0.05) is 46.3 Å². The molecule has 2 aromatic rings. The zero-order chi connectivity index (χ0) is 14.8. The van der Waals surface area contributed by atoms with Gasteiger partial charge in [-0.3, -0.25) is 10.1 Å². The van der Waals surface area contributed by atoms with Crippen LogP contribution in [0.2, 0.25) is 0 Å². The van der Waals surface area contributed by atoms with E-state index in [-0.39, 0.29) is 10.6 Å². The minimum absolute atomic E-state index is 0.0587. The van der Waals surface area contributed by atoms with E-state index in [1.54, 1.807) is 12.1 Å². The number of nitrogens with zero attached hydrogens (tertiary/aromatic N) is 1. The molecule has 0 spiro atoms. The highest BCUT2D eigenvalue weighted by Crippen LogP contribution is 2.33. The van der Waals surface area contributed by atoms with Crippen molar-refractivity contribution in [2.45, 2.75) is 19.4 Å². The van der Waals surface area contributed by atoms with Crippen molar-refractivity contribution >= 4 is 27.3 Å². The molecular weight excluding hydrogens is 320 g/mol. The fraction of sp³-hybridized carbons (Fsp3) is 0.200. The molecule has 104 valence electrons. The van der Waals surface area contributed by atoms with Gasteiger partial charge in [-0.05, 0) is 31.5 Å². The molecule has 0 radical (unpaired) electrons. The Morgan fingerprint density at radius 3 is 2.40 bits per heavy atom. The van der Waals surface area contributed by atoms with Gasteiger partial charge in [0.25, 0.3) is 5.69 Å². The van der Waals surface area contributed by atoms with Crippen LogP contribution in [0.1, 0.15) is 19.4 Å². The fourth-order valence-electron chi connectivity index (χ4n) is 2.03. The van der Waals surface area contributed by atoms with Gasteiger partial charge in [-0.2, -0.15) is 0 Å². The van der Waals surface area contributed by atoms with Crippen LogP contribution in [0.15, 0.2) is 53.0 Å². The van der Waals surface area contributed by atoms with Crippen LogP contribution >= 0.6 is 15.9 Å². The molecule has 4 nitrogen and oxygen atoms in total. The molecule has 2 rings (SSSR count). The molecule has 1 N–H and O–H groups in total. The molecular formula is C15H15BrN2O2. The molecule has 0 aliphatic rings. The van der Waals surface area contributed by atoms with Gasteiger partial charge >= 0.3 is 0 Å². The molecule has 2 aromatic carbocycles. The zero-order valence-corrected chi connectivity index (χ0v) is 12.8. The molecule has 0 heterocycles. The van der Waals surface area contributed by atoms with Crippen LogP contribution in [0, 0.1) is 10.1 Å². The van der Waals surface area contributed by atoms with Crippen LogP contribution in [0.3, 0.4) is 0 Å². The Hall–Kier alpha value is -1.88. The van der Waals surface area contributed by atoms with Crippen molar-refractivity contribution in [3.8, 4) is 0 Å². The molecule has 5 heteroatoms.